The number of sulfonamides is 1. The average molecular weight is 601 g/mol. The minimum absolute atomic E-state index is 0.0671. The summed E-state index contributed by atoms with van der Waals surface area (Å²) in [6.07, 6.45) is 0. The van der Waals surface area contributed by atoms with Crippen molar-refractivity contribution in [2.75, 3.05) is 18.0 Å². The Balaban J connectivity index is 2.10. The van der Waals surface area contributed by atoms with Crippen molar-refractivity contribution in [3.8, 4) is 5.75 Å². The molecule has 0 heterocycles. The second-order valence-electron chi connectivity index (χ2n) is 9.87. The molecule has 2 amide bonds. The number of nitrogens with one attached hydrogen (secondary N) is 1. The van der Waals surface area contributed by atoms with E-state index in [9.17, 15) is 32.5 Å². The zero-order valence-electron chi connectivity index (χ0n) is 23.9. The number of hydrogen-bond acceptors (Lipinski definition) is 7. The van der Waals surface area contributed by atoms with Crippen LogP contribution in [0.2, 0.25) is 0 Å². The number of rotatable bonds is 12. The summed E-state index contributed by atoms with van der Waals surface area (Å²) < 4.78 is 48.5. The lowest BCUT2D eigenvalue weighted by Gasteiger charge is -2.32. The van der Waals surface area contributed by atoms with Crippen LogP contribution in [0.1, 0.15) is 31.9 Å². The normalized spacial score (nSPS) is 12.0. The number of benzene rings is 3. The van der Waals surface area contributed by atoms with Crippen LogP contribution in [0.25, 0.3) is 0 Å². The molecule has 0 radical (unpaired) electrons. The van der Waals surface area contributed by atoms with Gasteiger partial charge in [0.1, 0.15) is 24.2 Å². The van der Waals surface area contributed by atoms with Gasteiger partial charge in [0.05, 0.1) is 22.6 Å². The fourth-order valence-corrected chi connectivity index (χ4v) is 5.58. The fourth-order valence-electron chi connectivity index (χ4n) is 4.15. The molecule has 0 bridgehead atoms. The van der Waals surface area contributed by atoms with Gasteiger partial charge >= 0.3 is 0 Å². The van der Waals surface area contributed by atoms with Gasteiger partial charge in [-0.1, -0.05) is 24.3 Å². The maximum Gasteiger partial charge on any atom is 0.273 e. The van der Waals surface area contributed by atoms with Crippen LogP contribution in [0.3, 0.4) is 0 Å². The van der Waals surface area contributed by atoms with Crippen molar-refractivity contribution < 1.29 is 32.1 Å². The van der Waals surface area contributed by atoms with Crippen LogP contribution < -0.4 is 14.4 Å². The van der Waals surface area contributed by atoms with Crippen molar-refractivity contribution in [2.24, 2.45) is 0 Å². The summed E-state index contributed by atoms with van der Waals surface area (Å²) in [5.41, 5.74) is 0.0462. The molecule has 3 aromatic carbocycles. The van der Waals surface area contributed by atoms with E-state index in [1.165, 1.54) is 75.6 Å². The molecule has 0 saturated heterocycles. The Hall–Kier alpha value is -4.52. The molecule has 0 aliphatic rings. The van der Waals surface area contributed by atoms with Crippen molar-refractivity contribution in [1.29, 1.82) is 0 Å². The van der Waals surface area contributed by atoms with E-state index in [0.29, 0.717) is 5.75 Å². The molecule has 13 heteroatoms. The topological polar surface area (TPSA) is 139 Å². The van der Waals surface area contributed by atoms with E-state index in [4.69, 9.17) is 4.74 Å². The highest BCUT2D eigenvalue weighted by molar-refractivity contribution is 7.92. The number of nitro benzene ring substituents is 1. The Bertz CT molecular complexity index is 1560. The first-order valence-corrected chi connectivity index (χ1v) is 14.4. The van der Waals surface area contributed by atoms with Gasteiger partial charge in [0.25, 0.3) is 15.7 Å². The Morgan fingerprint density at radius 3 is 2.26 bits per heavy atom. The number of nitro groups is 1. The molecule has 0 aliphatic carbocycles. The summed E-state index contributed by atoms with van der Waals surface area (Å²) in [5, 5.41) is 14.3. The van der Waals surface area contributed by atoms with Crippen LogP contribution in [0.4, 0.5) is 15.8 Å². The summed E-state index contributed by atoms with van der Waals surface area (Å²) in [7, 11) is -3.12. The highest BCUT2D eigenvalue weighted by atomic mass is 32.2. The summed E-state index contributed by atoms with van der Waals surface area (Å²) >= 11 is 0. The highest BCUT2D eigenvalue weighted by Crippen LogP contribution is 2.29. The van der Waals surface area contributed by atoms with Crippen LogP contribution in [0, 0.1) is 22.9 Å². The molecule has 3 aromatic rings. The second kappa shape index (κ2) is 13.4. The third-order valence-electron chi connectivity index (χ3n) is 6.50. The van der Waals surface area contributed by atoms with Gasteiger partial charge in [-0.05, 0) is 64.1 Å². The SMILES string of the molecule is COc1ccc(N(CC(=O)N(Cc2ccccc2F)[C@@H](C)C(=O)NC(C)C)S(=O)(=O)c2ccc(C)c([N+](=O)[O-])c2)cc1. The van der Waals surface area contributed by atoms with Gasteiger partial charge in [-0.2, -0.15) is 0 Å². The van der Waals surface area contributed by atoms with Gasteiger partial charge < -0.3 is 15.0 Å². The first-order valence-electron chi connectivity index (χ1n) is 13.0. The van der Waals surface area contributed by atoms with E-state index in [2.05, 4.69) is 5.32 Å². The molecule has 3 rings (SSSR count). The van der Waals surface area contributed by atoms with Crippen LogP contribution in [0.15, 0.2) is 71.6 Å². The number of amides is 2. The molecule has 0 aliphatic heterocycles. The van der Waals surface area contributed by atoms with E-state index in [1.54, 1.807) is 19.9 Å². The number of halogens is 1. The van der Waals surface area contributed by atoms with Gasteiger partial charge in [0, 0.05) is 29.8 Å². The average Bonchev–Trinajstić information content (AvgIpc) is 2.94. The molecule has 0 saturated carbocycles. The number of carbonyl (C=O) groups excluding carboxylic acids is 2. The molecule has 42 heavy (non-hydrogen) atoms. The summed E-state index contributed by atoms with van der Waals surface area (Å²) in [5.74, 6) is -1.49. The van der Waals surface area contributed by atoms with Crippen LogP contribution >= 0.6 is 0 Å². The predicted octanol–water partition coefficient (Wildman–Crippen LogP) is 4.19. The molecule has 0 fully saturated rings. The maximum absolute atomic E-state index is 14.6. The first-order chi connectivity index (χ1) is 19.8. The van der Waals surface area contributed by atoms with Crippen LogP contribution in [-0.4, -0.2) is 55.8 Å². The summed E-state index contributed by atoms with van der Waals surface area (Å²) in [6, 6.07) is 13.7. The Labute approximate surface area is 244 Å². The third kappa shape index (κ3) is 7.40. The molecule has 1 atom stereocenters. The molecule has 0 aromatic heterocycles. The minimum Gasteiger partial charge on any atom is -0.497 e. The third-order valence-corrected chi connectivity index (χ3v) is 8.27. The van der Waals surface area contributed by atoms with Gasteiger partial charge in [-0.15, -0.1) is 0 Å². The Morgan fingerprint density at radius 1 is 1.05 bits per heavy atom. The zero-order chi connectivity index (χ0) is 31.2. The lowest BCUT2D eigenvalue weighted by atomic mass is 10.1. The largest absolute Gasteiger partial charge is 0.497 e. The number of carbonyl (C=O) groups is 2. The van der Waals surface area contributed by atoms with Crippen molar-refractivity contribution in [3.63, 3.8) is 0 Å². The smallest absolute Gasteiger partial charge is 0.273 e. The number of methoxy groups -OCH3 is 1. The van der Waals surface area contributed by atoms with Gasteiger partial charge in [-0.3, -0.25) is 24.0 Å². The number of ether oxygens (including phenoxy) is 1. The van der Waals surface area contributed by atoms with Crippen LogP contribution in [-0.2, 0) is 26.2 Å². The molecule has 1 N–H and O–H groups in total. The number of nitrogens with zero attached hydrogens (tertiary/aromatic N) is 3. The van der Waals surface area contributed by atoms with E-state index in [-0.39, 0.29) is 29.4 Å². The standard InChI is InChI=1S/C29H33FN4O7S/c1-19(2)31-29(36)21(4)32(17-22-8-6-7-9-26(22)30)28(35)18-33(23-11-13-24(41-5)14-12-23)42(39,40)25-15-10-20(3)27(16-25)34(37)38/h6-16,19,21H,17-18H2,1-5H3,(H,31,36)/t21-/m0/s1. The van der Waals surface area contributed by atoms with E-state index in [1.807, 2.05) is 0 Å². The maximum atomic E-state index is 14.6. The van der Waals surface area contributed by atoms with E-state index < -0.39 is 55.7 Å². The van der Waals surface area contributed by atoms with Crippen molar-refractivity contribution in [2.45, 2.75) is 51.2 Å². The number of hydrogen-bond donors (Lipinski definition) is 1. The van der Waals surface area contributed by atoms with Gasteiger partial charge in [-0.25, -0.2) is 12.8 Å². The van der Waals surface area contributed by atoms with Crippen molar-refractivity contribution in [3.05, 3.63) is 93.8 Å². The van der Waals surface area contributed by atoms with E-state index in [0.717, 1.165) is 15.3 Å². The van der Waals surface area contributed by atoms with Crippen molar-refractivity contribution in [1.82, 2.24) is 10.2 Å². The minimum atomic E-state index is -4.56. The van der Waals surface area contributed by atoms with E-state index >= 15 is 0 Å². The van der Waals surface area contributed by atoms with Crippen molar-refractivity contribution >= 4 is 33.2 Å². The molecular weight excluding hydrogens is 567 g/mol. The summed E-state index contributed by atoms with van der Waals surface area (Å²) in [6.45, 7) is 5.32. The fraction of sp³-hybridized carbons (Fsp3) is 0.310. The number of aryl methyl sites for hydroxylation is 1. The zero-order valence-corrected chi connectivity index (χ0v) is 24.7. The lowest BCUT2D eigenvalue weighted by molar-refractivity contribution is -0.385. The van der Waals surface area contributed by atoms with Gasteiger partial charge in [0.15, 0.2) is 0 Å². The Morgan fingerprint density at radius 2 is 1.69 bits per heavy atom. The lowest BCUT2D eigenvalue weighted by Crippen LogP contribution is -2.52. The molecular formula is C29H33FN4O7S. The molecule has 0 spiro atoms. The summed E-state index contributed by atoms with van der Waals surface area (Å²) in [4.78, 5) is 38.4. The molecule has 11 nitrogen and oxygen atoms in total. The predicted molar refractivity (Wildman–Crippen MR) is 155 cm³/mol. The molecule has 0 unspecified atom stereocenters. The second-order valence-corrected chi connectivity index (χ2v) is 11.7. The van der Waals surface area contributed by atoms with Gasteiger partial charge in [0.2, 0.25) is 11.8 Å². The highest BCUT2D eigenvalue weighted by Gasteiger charge is 2.34. The number of anilines is 1. The molecule has 224 valence electrons. The monoisotopic (exact) mass is 600 g/mol. The quantitative estimate of drug-likeness (QED) is 0.243. The van der Waals surface area contributed by atoms with Crippen LogP contribution in [0.5, 0.6) is 5.75 Å². The Kier molecular flexibility index (Phi) is 10.2. The first kappa shape index (κ1) is 32.0.